The van der Waals surface area contributed by atoms with Crippen LogP contribution in [0.4, 0.5) is 5.13 Å². The maximum absolute atomic E-state index is 12.5. The Morgan fingerprint density at radius 1 is 1.20 bits per heavy atom. The van der Waals surface area contributed by atoms with Gasteiger partial charge < -0.3 is 5.32 Å². The first-order valence-corrected chi connectivity index (χ1v) is 9.32. The Balaban J connectivity index is 1.59. The zero-order chi connectivity index (χ0) is 17.8. The molecule has 1 heterocycles. The van der Waals surface area contributed by atoms with E-state index in [9.17, 15) is 9.59 Å². The van der Waals surface area contributed by atoms with Crippen molar-refractivity contribution < 1.29 is 9.59 Å². The highest BCUT2D eigenvalue weighted by atomic mass is 32.1. The van der Waals surface area contributed by atoms with Gasteiger partial charge in [-0.2, -0.15) is 0 Å². The fraction of sp³-hybridized carbons (Fsp3) is 0.444. The molecule has 0 bridgehead atoms. The molecule has 0 radical (unpaired) electrons. The lowest BCUT2D eigenvalue weighted by Gasteiger charge is -2.21. The van der Waals surface area contributed by atoms with Gasteiger partial charge >= 0.3 is 0 Å². The highest BCUT2D eigenvalue weighted by Crippen LogP contribution is 2.42. The summed E-state index contributed by atoms with van der Waals surface area (Å²) in [6, 6.07) is 8.87. The Labute approximate surface area is 151 Å². The van der Waals surface area contributed by atoms with E-state index in [0.717, 1.165) is 23.4 Å². The van der Waals surface area contributed by atoms with Crippen molar-refractivity contribution >= 4 is 28.3 Å². The van der Waals surface area contributed by atoms with Crippen molar-refractivity contribution in [3.8, 4) is 0 Å². The van der Waals surface area contributed by atoms with E-state index in [1.807, 2.05) is 44.2 Å². The van der Waals surface area contributed by atoms with Crippen LogP contribution in [-0.4, -0.2) is 28.1 Å². The molecule has 1 aliphatic carbocycles. The lowest BCUT2D eigenvalue weighted by molar-refractivity contribution is -0.127. The van der Waals surface area contributed by atoms with Gasteiger partial charge in [0.15, 0.2) is 0 Å². The van der Waals surface area contributed by atoms with Crippen molar-refractivity contribution in [3.63, 3.8) is 0 Å². The number of anilines is 1. The van der Waals surface area contributed by atoms with Gasteiger partial charge in [0.25, 0.3) is 0 Å². The van der Waals surface area contributed by atoms with Crippen LogP contribution in [0.5, 0.6) is 0 Å². The first-order valence-electron chi connectivity index (χ1n) is 8.50. The number of aromatic nitrogens is 2. The van der Waals surface area contributed by atoms with Gasteiger partial charge in [-0.1, -0.05) is 55.5 Å². The number of amides is 2. The van der Waals surface area contributed by atoms with E-state index < -0.39 is 6.04 Å². The van der Waals surface area contributed by atoms with Crippen LogP contribution >= 0.6 is 11.3 Å². The monoisotopic (exact) mass is 358 g/mol. The first kappa shape index (κ1) is 17.5. The second-order valence-electron chi connectivity index (χ2n) is 6.66. The van der Waals surface area contributed by atoms with E-state index in [-0.39, 0.29) is 24.2 Å². The minimum Gasteiger partial charge on any atom is -0.344 e. The molecule has 7 heteroatoms. The van der Waals surface area contributed by atoms with Crippen molar-refractivity contribution in [1.82, 2.24) is 15.5 Å². The van der Waals surface area contributed by atoms with Crippen molar-refractivity contribution in [2.24, 2.45) is 5.92 Å². The summed E-state index contributed by atoms with van der Waals surface area (Å²) in [5.41, 5.74) is 0.918. The summed E-state index contributed by atoms with van der Waals surface area (Å²) in [7, 11) is 0. The number of carbonyl (C=O) groups is 2. The first-order chi connectivity index (χ1) is 12.0. The van der Waals surface area contributed by atoms with Gasteiger partial charge in [0.2, 0.25) is 16.9 Å². The maximum atomic E-state index is 12.5. The average Bonchev–Trinajstić information content (AvgIpc) is 3.33. The van der Waals surface area contributed by atoms with Crippen LogP contribution in [0.1, 0.15) is 43.2 Å². The van der Waals surface area contributed by atoms with Gasteiger partial charge in [-0.05, 0) is 24.3 Å². The minimum atomic E-state index is -0.607. The van der Waals surface area contributed by atoms with Crippen LogP contribution in [0.2, 0.25) is 0 Å². The molecule has 25 heavy (non-hydrogen) atoms. The smallest absolute Gasteiger partial charge is 0.249 e. The molecule has 0 saturated heterocycles. The Morgan fingerprint density at radius 3 is 2.56 bits per heavy atom. The number of nitrogens with zero attached hydrogens (tertiary/aromatic N) is 2. The predicted octanol–water partition coefficient (Wildman–Crippen LogP) is 2.74. The highest BCUT2D eigenvalue weighted by molar-refractivity contribution is 7.15. The van der Waals surface area contributed by atoms with E-state index in [0.29, 0.717) is 11.0 Å². The fourth-order valence-electron chi connectivity index (χ4n) is 2.50. The minimum absolute atomic E-state index is 0.0319. The van der Waals surface area contributed by atoms with Crippen LogP contribution in [-0.2, 0) is 16.0 Å². The third-order valence-corrected chi connectivity index (χ3v) is 5.07. The quantitative estimate of drug-likeness (QED) is 0.797. The number of hydrogen-bond acceptors (Lipinski definition) is 5. The Bertz CT molecular complexity index is 741. The van der Waals surface area contributed by atoms with Gasteiger partial charge in [0.05, 0.1) is 6.42 Å². The van der Waals surface area contributed by atoms with Crippen molar-refractivity contribution in [1.29, 1.82) is 0 Å². The van der Waals surface area contributed by atoms with E-state index in [2.05, 4.69) is 20.8 Å². The van der Waals surface area contributed by atoms with Crippen LogP contribution in [0, 0.1) is 5.92 Å². The number of nitrogens with one attached hydrogen (secondary N) is 2. The van der Waals surface area contributed by atoms with Gasteiger partial charge in [-0.25, -0.2) is 0 Å². The van der Waals surface area contributed by atoms with E-state index >= 15 is 0 Å². The molecule has 3 rings (SSSR count). The fourth-order valence-corrected chi connectivity index (χ4v) is 3.42. The molecule has 1 atom stereocenters. The predicted molar refractivity (Wildman–Crippen MR) is 97.4 cm³/mol. The molecule has 1 aliphatic rings. The van der Waals surface area contributed by atoms with Crippen LogP contribution < -0.4 is 10.6 Å². The summed E-state index contributed by atoms with van der Waals surface area (Å²) in [4.78, 5) is 24.8. The number of benzene rings is 1. The van der Waals surface area contributed by atoms with E-state index in [4.69, 9.17) is 0 Å². The summed E-state index contributed by atoms with van der Waals surface area (Å²) < 4.78 is 0. The number of carbonyl (C=O) groups excluding carboxylic acids is 2. The SMILES string of the molecule is CC(C)C(NC(=O)Cc1ccccc1)C(=O)Nc1nnc(C2CC2)s1. The van der Waals surface area contributed by atoms with Crippen molar-refractivity contribution in [2.75, 3.05) is 5.32 Å². The molecule has 2 N–H and O–H groups in total. The number of rotatable bonds is 7. The van der Waals surface area contributed by atoms with Gasteiger partial charge in [0.1, 0.15) is 11.0 Å². The summed E-state index contributed by atoms with van der Waals surface area (Å²) >= 11 is 1.42. The van der Waals surface area contributed by atoms with Gasteiger partial charge in [0, 0.05) is 5.92 Å². The van der Waals surface area contributed by atoms with Crippen LogP contribution in [0.15, 0.2) is 30.3 Å². The normalized spacial score (nSPS) is 15.0. The molecular weight excluding hydrogens is 336 g/mol. The lowest BCUT2D eigenvalue weighted by atomic mass is 10.0. The van der Waals surface area contributed by atoms with E-state index in [1.54, 1.807) is 0 Å². The molecule has 1 aromatic carbocycles. The van der Waals surface area contributed by atoms with Crippen molar-refractivity contribution in [2.45, 2.75) is 45.1 Å². The molecule has 0 aliphatic heterocycles. The molecule has 2 amide bonds. The molecule has 6 nitrogen and oxygen atoms in total. The second-order valence-corrected chi connectivity index (χ2v) is 7.67. The molecule has 1 saturated carbocycles. The Hall–Kier alpha value is -2.28. The zero-order valence-corrected chi connectivity index (χ0v) is 15.2. The third kappa shape index (κ3) is 4.85. The Kier molecular flexibility index (Phi) is 5.43. The second kappa shape index (κ2) is 7.74. The maximum Gasteiger partial charge on any atom is 0.249 e. The average molecular weight is 358 g/mol. The molecule has 0 spiro atoms. The van der Waals surface area contributed by atoms with E-state index in [1.165, 1.54) is 11.3 Å². The molecule has 132 valence electrons. The molecule has 2 aromatic rings. The zero-order valence-electron chi connectivity index (χ0n) is 14.4. The third-order valence-electron chi connectivity index (χ3n) is 4.07. The molecule has 1 aromatic heterocycles. The highest BCUT2D eigenvalue weighted by Gasteiger charge is 2.29. The molecule has 1 unspecified atom stereocenters. The van der Waals surface area contributed by atoms with Gasteiger partial charge in [-0.15, -0.1) is 10.2 Å². The molecule has 1 fully saturated rings. The van der Waals surface area contributed by atoms with Crippen LogP contribution in [0.25, 0.3) is 0 Å². The van der Waals surface area contributed by atoms with Crippen LogP contribution in [0.3, 0.4) is 0 Å². The standard InChI is InChI=1S/C18H22N4O2S/c1-11(2)15(19-14(23)10-12-6-4-3-5-7-12)16(24)20-18-22-21-17(25-18)13-8-9-13/h3-7,11,13,15H,8-10H2,1-2H3,(H,19,23)(H,20,22,24). The summed E-state index contributed by atoms with van der Waals surface area (Å²) in [5.74, 6) is 0.0519. The topological polar surface area (TPSA) is 84.0 Å². The molecular formula is C18H22N4O2S. The summed E-state index contributed by atoms with van der Waals surface area (Å²) in [5, 5.41) is 15.2. The number of hydrogen-bond donors (Lipinski definition) is 2. The lowest BCUT2D eigenvalue weighted by Crippen LogP contribution is -2.47. The summed E-state index contributed by atoms with van der Waals surface area (Å²) in [6.45, 7) is 3.81. The van der Waals surface area contributed by atoms with Crippen molar-refractivity contribution in [3.05, 3.63) is 40.9 Å². The van der Waals surface area contributed by atoms with Gasteiger partial charge in [-0.3, -0.25) is 14.9 Å². The Morgan fingerprint density at radius 2 is 1.92 bits per heavy atom. The summed E-state index contributed by atoms with van der Waals surface area (Å²) in [6.07, 6.45) is 2.54. The largest absolute Gasteiger partial charge is 0.344 e.